The van der Waals surface area contributed by atoms with Gasteiger partial charge in [0.15, 0.2) is 0 Å². The minimum atomic E-state index is -0.148. The zero-order valence-corrected chi connectivity index (χ0v) is 12.5. The molecule has 19 heavy (non-hydrogen) atoms. The second kappa shape index (κ2) is 5.87. The van der Waals surface area contributed by atoms with Crippen LogP contribution in [0.15, 0.2) is 0 Å². The monoisotopic (exact) mass is 261 g/mol. The molecular formula is C14H23N5. The standard InChI is InChI=1S/C14H23N5/c1-6-19(9-7-8-15)12-10(2)11(16)17-13(18-12)14(3,4)5/h6-7,9H2,1-5H3,(H2,16,17,18). The molecule has 0 radical (unpaired) electrons. The van der Waals surface area contributed by atoms with Crippen LogP contribution in [-0.2, 0) is 5.41 Å². The van der Waals surface area contributed by atoms with Crippen molar-refractivity contribution in [2.24, 2.45) is 0 Å². The molecule has 1 rings (SSSR count). The Morgan fingerprint density at radius 2 is 1.95 bits per heavy atom. The molecule has 0 aliphatic heterocycles. The van der Waals surface area contributed by atoms with Gasteiger partial charge in [0.2, 0.25) is 0 Å². The predicted molar refractivity (Wildman–Crippen MR) is 78.0 cm³/mol. The highest BCUT2D eigenvalue weighted by molar-refractivity contribution is 5.56. The highest BCUT2D eigenvalue weighted by Gasteiger charge is 2.22. The number of hydrogen-bond donors (Lipinski definition) is 1. The molecule has 1 aromatic rings. The van der Waals surface area contributed by atoms with Crippen molar-refractivity contribution in [3.63, 3.8) is 0 Å². The minimum Gasteiger partial charge on any atom is -0.383 e. The van der Waals surface area contributed by atoms with E-state index in [-0.39, 0.29) is 5.41 Å². The molecule has 0 amide bonds. The van der Waals surface area contributed by atoms with Crippen LogP contribution < -0.4 is 10.6 Å². The van der Waals surface area contributed by atoms with Gasteiger partial charge < -0.3 is 10.6 Å². The molecule has 1 aromatic heterocycles. The fourth-order valence-electron chi connectivity index (χ4n) is 1.76. The van der Waals surface area contributed by atoms with Crippen LogP contribution in [0.2, 0.25) is 0 Å². The van der Waals surface area contributed by atoms with E-state index in [9.17, 15) is 0 Å². The summed E-state index contributed by atoms with van der Waals surface area (Å²) in [5.41, 5.74) is 6.73. The van der Waals surface area contributed by atoms with Crippen molar-refractivity contribution in [1.82, 2.24) is 9.97 Å². The third-order valence-electron chi connectivity index (χ3n) is 3.00. The molecule has 0 unspecified atom stereocenters. The lowest BCUT2D eigenvalue weighted by atomic mass is 9.95. The maximum Gasteiger partial charge on any atom is 0.138 e. The number of nitriles is 1. The molecule has 5 heteroatoms. The Balaban J connectivity index is 3.25. The summed E-state index contributed by atoms with van der Waals surface area (Å²) in [5, 5.41) is 8.73. The number of nitrogens with two attached hydrogens (primary N) is 1. The Morgan fingerprint density at radius 3 is 2.42 bits per heavy atom. The quantitative estimate of drug-likeness (QED) is 0.900. The van der Waals surface area contributed by atoms with E-state index < -0.39 is 0 Å². The number of nitrogen functional groups attached to an aromatic ring is 1. The topological polar surface area (TPSA) is 78.8 Å². The number of nitrogens with zero attached hydrogens (tertiary/aromatic N) is 4. The average Bonchev–Trinajstić information content (AvgIpc) is 2.33. The number of aromatic nitrogens is 2. The molecular weight excluding hydrogens is 238 g/mol. The van der Waals surface area contributed by atoms with Crippen molar-refractivity contribution in [1.29, 1.82) is 5.26 Å². The third-order valence-corrected chi connectivity index (χ3v) is 3.00. The first-order chi connectivity index (χ1) is 8.81. The van der Waals surface area contributed by atoms with Crippen LogP contribution in [0.25, 0.3) is 0 Å². The van der Waals surface area contributed by atoms with E-state index in [1.165, 1.54) is 0 Å². The fourth-order valence-corrected chi connectivity index (χ4v) is 1.76. The van der Waals surface area contributed by atoms with Crippen molar-refractivity contribution < 1.29 is 0 Å². The lowest BCUT2D eigenvalue weighted by Gasteiger charge is -2.26. The van der Waals surface area contributed by atoms with Crippen molar-refractivity contribution in [3.05, 3.63) is 11.4 Å². The SMILES string of the molecule is CCN(CCC#N)c1nc(C(C)(C)C)nc(N)c1C. The Morgan fingerprint density at radius 1 is 1.32 bits per heavy atom. The van der Waals surface area contributed by atoms with Crippen LogP contribution in [0.1, 0.15) is 45.5 Å². The van der Waals surface area contributed by atoms with E-state index >= 15 is 0 Å². The maximum atomic E-state index is 8.73. The second-order valence-electron chi connectivity index (χ2n) is 5.62. The summed E-state index contributed by atoms with van der Waals surface area (Å²) >= 11 is 0. The average molecular weight is 261 g/mol. The summed E-state index contributed by atoms with van der Waals surface area (Å²) in [6, 6.07) is 2.16. The van der Waals surface area contributed by atoms with Gasteiger partial charge in [0, 0.05) is 24.1 Å². The first-order valence-corrected chi connectivity index (χ1v) is 6.57. The molecule has 1 heterocycles. The second-order valence-corrected chi connectivity index (χ2v) is 5.62. The number of rotatable bonds is 4. The van der Waals surface area contributed by atoms with Crippen LogP contribution in [0.5, 0.6) is 0 Å². The van der Waals surface area contributed by atoms with Crippen LogP contribution in [0.3, 0.4) is 0 Å². The summed E-state index contributed by atoms with van der Waals surface area (Å²) in [7, 11) is 0. The van der Waals surface area contributed by atoms with Crippen molar-refractivity contribution in [2.45, 2.75) is 46.5 Å². The summed E-state index contributed by atoms with van der Waals surface area (Å²) in [4.78, 5) is 11.1. The van der Waals surface area contributed by atoms with Crippen LogP contribution >= 0.6 is 0 Å². The zero-order chi connectivity index (χ0) is 14.6. The summed E-state index contributed by atoms with van der Waals surface area (Å²) < 4.78 is 0. The molecule has 5 nitrogen and oxygen atoms in total. The van der Waals surface area contributed by atoms with Gasteiger partial charge >= 0.3 is 0 Å². The molecule has 0 atom stereocenters. The van der Waals surface area contributed by atoms with Crippen molar-refractivity contribution >= 4 is 11.6 Å². The van der Waals surface area contributed by atoms with Gasteiger partial charge in [-0.25, -0.2) is 9.97 Å². The van der Waals surface area contributed by atoms with Gasteiger partial charge in [-0.15, -0.1) is 0 Å². The van der Waals surface area contributed by atoms with E-state index in [1.807, 2.05) is 13.8 Å². The van der Waals surface area contributed by atoms with Gasteiger partial charge in [-0.3, -0.25) is 0 Å². The summed E-state index contributed by atoms with van der Waals surface area (Å²) in [5.74, 6) is 2.10. The van der Waals surface area contributed by atoms with Gasteiger partial charge in [-0.1, -0.05) is 20.8 Å². The van der Waals surface area contributed by atoms with E-state index in [2.05, 4.69) is 41.7 Å². The highest BCUT2D eigenvalue weighted by atomic mass is 15.2. The van der Waals surface area contributed by atoms with Gasteiger partial charge in [0.05, 0.1) is 12.5 Å². The first kappa shape index (κ1) is 15.2. The summed E-state index contributed by atoms with van der Waals surface area (Å²) in [6.07, 6.45) is 0.474. The van der Waals surface area contributed by atoms with Gasteiger partial charge in [-0.2, -0.15) is 5.26 Å². The third kappa shape index (κ3) is 3.57. The Labute approximate surface area is 115 Å². The van der Waals surface area contributed by atoms with Gasteiger partial charge in [0.1, 0.15) is 17.5 Å². The molecule has 0 saturated carbocycles. The number of anilines is 2. The molecule has 0 spiro atoms. The van der Waals surface area contributed by atoms with Gasteiger partial charge in [0.25, 0.3) is 0 Å². The lowest BCUT2D eigenvalue weighted by Crippen LogP contribution is -2.28. The molecule has 0 aliphatic rings. The van der Waals surface area contributed by atoms with E-state index in [0.717, 1.165) is 23.8 Å². The van der Waals surface area contributed by atoms with E-state index in [1.54, 1.807) is 0 Å². The molecule has 0 saturated heterocycles. The number of hydrogen-bond acceptors (Lipinski definition) is 5. The molecule has 0 fully saturated rings. The van der Waals surface area contributed by atoms with Crippen LogP contribution in [0.4, 0.5) is 11.6 Å². The molecule has 0 bridgehead atoms. The first-order valence-electron chi connectivity index (χ1n) is 6.57. The Bertz CT molecular complexity index is 482. The van der Waals surface area contributed by atoms with Crippen LogP contribution in [0, 0.1) is 18.3 Å². The normalized spacial score (nSPS) is 11.2. The van der Waals surface area contributed by atoms with Crippen molar-refractivity contribution in [2.75, 3.05) is 23.7 Å². The Hall–Kier alpha value is -1.83. The van der Waals surface area contributed by atoms with Gasteiger partial charge in [-0.05, 0) is 13.8 Å². The summed E-state index contributed by atoms with van der Waals surface area (Å²) in [6.45, 7) is 11.6. The Kier molecular flexibility index (Phi) is 4.71. The van der Waals surface area contributed by atoms with E-state index in [4.69, 9.17) is 11.0 Å². The minimum absolute atomic E-state index is 0.148. The molecule has 0 aromatic carbocycles. The van der Waals surface area contributed by atoms with E-state index in [0.29, 0.717) is 18.8 Å². The maximum absolute atomic E-state index is 8.73. The largest absolute Gasteiger partial charge is 0.383 e. The lowest BCUT2D eigenvalue weighted by molar-refractivity contribution is 0.544. The smallest absolute Gasteiger partial charge is 0.138 e. The van der Waals surface area contributed by atoms with Crippen molar-refractivity contribution in [3.8, 4) is 6.07 Å². The molecule has 104 valence electrons. The predicted octanol–water partition coefficient (Wildman–Crippen LogP) is 2.40. The molecule has 0 aliphatic carbocycles. The highest BCUT2D eigenvalue weighted by Crippen LogP contribution is 2.27. The van der Waals surface area contributed by atoms with Crippen LogP contribution in [-0.4, -0.2) is 23.1 Å². The molecule has 2 N–H and O–H groups in total. The fraction of sp³-hybridized carbons (Fsp3) is 0.643. The zero-order valence-electron chi connectivity index (χ0n) is 12.5.